The molecule has 0 radical (unpaired) electrons. The van der Waals surface area contributed by atoms with Crippen LogP contribution in [0.2, 0.25) is 0 Å². The fourth-order valence-electron chi connectivity index (χ4n) is 2.95. The number of amides is 1. The largest absolute Gasteiger partial charge is 0.455 e. The highest BCUT2D eigenvalue weighted by atomic mass is 32.1. The summed E-state index contributed by atoms with van der Waals surface area (Å²) in [6.45, 7) is 7.37. The number of carbonyl (C=O) groups excluding carboxylic acids is 3. The van der Waals surface area contributed by atoms with Crippen molar-refractivity contribution in [3.63, 3.8) is 0 Å². The number of rotatable bonds is 6. The molecule has 0 aliphatic carbocycles. The second-order valence-electron chi connectivity index (χ2n) is 7.71. The zero-order valence-corrected chi connectivity index (χ0v) is 21.9. The van der Waals surface area contributed by atoms with Crippen molar-refractivity contribution in [1.29, 1.82) is 0 Å². The third kappa shape index (κ3) is 11.3. The molecule has 6 N–H and O–H groups in total. The number of thiophene rings is 1. The van der Waals surface area contributed by atoms with Crippen molar-refractivity contribution in [2.45, 2.75) is 46.6 Å². The van der Waals surface area contributed by atoms with Gasteiger partial charge in [-0.1, -0.05) is 50.6 Å². The molecule has 9 heteroatoms. The Bertz CT molecular complexity index is 1070. The molecule has 0 unspecified atom stereocenters. The zero-order valence-electron chi connectivity index (χ0n) is 21.1. The summed E-state index contributed by atoms with van der Waals surface area (Å²) in [5.41, 5.74) is 3.49. The van der Waals surface area contributed by atoms with Gasteiger partial charge in [-0.05, 0) is 42.1 Å². The Morgan fingerprint density at radius 2 is 1.81 bits per heavy atom. The van der Waals surface area contributed by atoms with E-state index in [0.29, 0.717) is 6.42 Å². The smallest absolute Gasteiger partial charge is 0.225 e. The minimum atomic E-state index is -0.494. The van der Waals surface area contributed by atoms with Gasteiger partial charge >= 0.3 is 0 Å². The van der Waals surface area contributed by atoms with E-state index in [4.69, 9.17) is 4.74 Å². The van der Waals surface area contributed by atoms with Crippen LogP contribution in [0.25, 0.3) is 0 Å². The lowest BCUT2D eigenvalue weighted by Gasteiger charge is -2.08. The maximum absolute atomic E-state index is 11.3. The summed E-state index contributed by atoms with van der Waals surface area (Å²) in [5, 5.41) is 7.87. The molecule has 8 nitrogen and oxygen atoms in total. The highest BCUT2D eigenvalue weighted by molar-refractivity contribution is 7.10. The Hall–Kier alpha value is -3.53. The lowest BCUT2D eigenvalue weighted by molar-refractivity contribution is -0.130. The standard InChI is InChI=1S/C14H13NO.C10H11NO3S.C3H8.H4N2/c1-10-6-7-14-12(8-10)15-9-11-4-2-3-5-13(11)16-14;12-7-8(13)3-4-11-10(14)6-9-2-1-5-15-9;1-3-2;1-2/h2-8,15H,9H2,1H3;1-2,5,7H,3-4,6H2,(H,11,14);3H2,1-2H3;1-2H2. The molecule has 1 aromatic heterocycles. The Labute approximate surface area is 217 Å². The quantitative estimate of drug-likeness (QED) is 0.165. The Kier molecular flexibility index (Phi) is 15.1. The molecule has 36 heavy (non-hydrogen) atoms. The fraction of sp³-hybridized carbons (Fsp3) is 0.296. The van der Waals surface area contributed by atoms with E-state index in [1.54, 1.807) is 0 Å². The Balaban J connectivity index is 0.000000307. The van der Waals surface area contributed by atoms with Crippen molar-refractivity contribution >= 4 is 35.0 Å². The predicted octanol–water partition coefficient (Wildman–Crippen LogP) is 4.51. The average molecular weight is 513 g/mol. The summed E-state index contributed by atoms with van der Waals surface area (Å²) in [6, 6.07) is 18.1. The van der Waals surface area contributed by atoms with Crippen LogP contribution in [0, 0.1) is 6.92 Å². The second kappa shape index (κ2) is 17.8. The number of hydrogen-bond acceptors (Lipinski definition) is 8. The molecule has 1 aliphatic heterocycles. The van der Waals surface area contributed by atoms with Crippen LogP contribution in [0.15, 0.2) is 60.0 Å². The summed E-state index contributed by atoms with van der Waals surface area (Å²) in [7, 11) is 0. The first-order valence-corrected chi connectivity index (χ1v) is 12.5. The molecular weight excluding hydrogens is 476 g/mol. The van der Waals surface area contributed by atoms with Gasteiger partial charge in [-0.2, -0.15) is 0 Å². The summed E-state index contributed by atoms with van der Waals surface area (Å²) >= 11 is 1.51. The number of anilines is 1. The maximum atomic E-state index is 11.3. The van der Waals surface area contributed by atoms with Crippen molar-refractivity contribution in [2.75, 3.05) is 11.9 Å². The minimum absolute atomic E-state index is 0.0691. The van der Waals surface area contributed by atoms with Gasteiger partial charge in [-0.15, -0.1) is 11.3 Å². The van der Waals surface area contributed by atoms with Crippen LogP contribution in [0.5, 0.6) is 11.5 Å². The molecular formula is C27H36N4O4S. The van der Waals surface area contributed by atoms with Crippen molar-refractivity contribution in [2.24, 2.45) is 11.7 Å². The number of Topliss-reactive ketones (excluding diaryl/α,β-unsaturated/α-hetero) is 1. The molecule has 1 aliphatic rings. The van der Waals surface area contributed by atoms with Gasteiger partial charge in [0.05, 0.1) is 12.1 Å². The summed E-state index contributed by atoms with van der Waals surface area (Å²) in [4.78, 5) is 32.8. The number of benzene rings is 2. The first-order valence-electron chi connectivity index (χ1n) is 11.7. The number of carbonyl (C=O) groups is 3. The molecule has 0 saturated heterocycles. The molecule has 0 spiro atoms. The maximum Gasteiger partial charge on any atom is 0.225 e. The van der Waals surface area contributed by atoms with E-state index in [9.17, 15) is 14.4 Å². The number of hydrogen-bond donors (Lipinski definition) is 4. The SMILES string of the molecule is CCC.Cc1ccc2c(c1)NCc1ccccc1O2.NN.O=CC(=O)CCNC(=O)Cc1cccs1. The average Bonchev–Trinajstić information content (AvgIpc) is 3.32. The molecule has 0 atom stereocenters. The van der Waals surface area contributed by atoms with Crippen LogP contribution in [-0.4, -0.2) is 24.5 Å². The van der Waals surface area contributed by atoms with Gasteiger partial charge in [0.1, 0.15) is 5.75 Å². The van der Waals surface area contributed by atoms with Crippen LogP contribution >= 0.6 is 11.3 Å². The number of ether oxygens (including phenoxy) is 1. The van der Waals surface area contributed by atoms with Gasteiger partial charge < -0.3 is 15.4 Å². The van der Waals surface area contributed by atoms with E-state index in [2.05, 4.69) is 61.3 Å². The summed E-state index contributed by atoms with van der Waals surface area (Å²) in [6.07, 6.45) is 1.91. The molecule has 2 aromatic carbocycles. The molecule has 0 bridgehead atoms. The topological polar surface area (TPSA) is 137 Å². The Morgan fingerprint density at radius 1 is 1.08 bits per heavy atom. The van der Waals surface area contributed by atoms with E-state index in [1.165, 1.54) is 28.9 Å². The van der Waals surface area contributed by atoms with E-state index >= 15 is 0 Å². The van der Waals surface area contributed by atoms with Crippen molar-refractivity contribution in [3.05, 3.63) is 76.0 Å². The van der Waals surface area contributed by atoms with Gasteiger partial charge in [0, 0.05) is 30.0 Å². The number of hydrazine groups is 1. The van der Waals surface area contributed by atoms with Gasteiger partial charge in [0.15, 0.2) is 17.8 Å². The molecule has 0 fully saturated rings. The number of para-hydroxylation sites is 1. The van der Waals surface area contributed by atoms with Crippen molar-refractivity contribution < 1.29 is 19.1 Å². The monoisotopic (exact) mass is 512 g/mol. The first-order chi connectivity index (χ1) is 17.5. The molecule has 4 rings (SSSR count). The lowest BCUT2D eigenvalue weighted by atomic mass is 10.2. The number of nitrogens with two attached hydrogens (primary N) is 2. The van der Waals surface area contributed by atoms with Crippen molar-refractivity contribution in [3.8, 4) is 11.5 Å². The molecule has 194 valence electrons. The number of aldehydes is 1. The number of fused-ring (bicyclic) bond motifs is 2. The van der Waals surface area contributed by atoms with Crippen LogP contribution < -0.4 is 27.1 Å². The molecule has 0 saturated carbocycles. The molecule has 2 heterocycles. The van der Waals surface area contributed by atoms with Crippen LogP contribution in [0.3, 0.4) is 0 Å². The zero-order chi connectivity index (χ0) is 26.8. The van der Waals surface area contributed by atoms with E-state index in [-0.39, 0.29) is 25.2 Å². The number of ketones is 1. The molecule has 3 aromatic rings. The van der Waals surface area contributed by atoms with Crippen LogP contribution in [-0.2, 0) is 27.3 Å². The van der Waals surface area contributed by atoms with Crippen molar-refractivity contribution in [1.82, 2.24) is 5.32 Å². The lowest BCUT2D eigenvalue weighted by Crippen LogP contribution is -2.27. The normalized spacial score (nSPS) is 10.4. The van der Waals surface area contributed by atoms with Crippen LogP contribution in [0.1, 0.15) is 42.7 Å². The van der Waals surface area contributed by atoms with Gasteiger partial charge in [0.25, 0.3) is 0 Å². The minimum Gasteiger partial charge on any atom is -0.455 e. The van der Waals surface area contributed by atoms with E-state index < -0.39 is 5.78 Å². The third-order valence-corrected chi connectivity index (χ3v) is 5.41. The van der Waals surface area contributed by atoms with Gasteiger partial charge in [0.2, 0.25) is 5.91 Å². The highest BCUT2D eigenvalue weighted by Gasteiger charge is 2.13. The van der Waals surface area contributed by atoms with Gasteiger partial charge in [-0.25, -0.2) is 0 Å². The highest BCUT2D eigenvalue weighted by Crippen LogP contribution is 2.35. The summed E-state index contributed by atoms with van der Waals surface area (Å²) in [5.74, 6) is 9.22. The number of nitrogens with one attached hydrogen (secondary N) is 2. The summed E-state index contributed by atoms with van der Waals surface area (Å²) < 4.78 is 5.89. The predicted molar refractivity (Wildman–Crippen MR) is 146 cm³/mol. The second-order valence-corrected chi connectivity index (χ2v) is 8.74. The third-order valence-electron chi connectivity index (χ3n) is 4.54. The Morgan fingerprint density at radius 3 is 2.47 bits per heavy atom. The van der Waals surface area contributed by atoms with E-state index in [1.807, 2.05) is 41.8 Å². The van der Waals surface area contributed by atoms with Gasteiger partial charge in [-0.3, -0.25) is 26.1 Å². The fourth-order valence-corrected chi connectivity index (χ4v) is 3.65. The van der Waals surface area contributed by atoms with Crippen LogP contribution in [0.4, 0.5) is 5.69 Å². The number of aryl methyl sites for hydroxylation is 1. The first kappa shape index (κ1) is 30.5. The van der Waals surface area contributed by atoms with E-state index in [0.717, 1.165) is 28.6 Å². The molecule has 1 amide bonds.